The molecule has 1 N–H and O–H groups in total. The Kier molecular flexibility index (Phi) is 3.55. The number of fused-ring (bicyclic) bond motifs is 1. The van der Waals surface area contributed by atoms with Crippen molar-refractivity contribution in [3.63, 3.8) is 0 Å². The van der Waals surface area contributed by atoms with E-state index in [2.05, 4.69) is 20.4 Å². The van der Waals surface area contributed by atoms with Gasteiger partial charge in [0.25, 0.3) is 5.91 Å². The van der Waals surface area contributed by atoms with E-state index in [1.165, 1.54) is 0 Å². The van der Waals surface area contributed by atoms with Crippen LogP contribution >= 0.6 is 11.3 Å². The van der Waals surface area contributed by atoms with Gasteiger partial charge in [-0.15, -0.1) is 11.3 Å². The molecule has 6 nitrogen and oxygen atoms in total. The van der Waals surface area contributed by atoms with Crippen molar-refractivity contribution in [3.05, 3.63) is 64.9 Å². The van der Waals surface area contributed by atoms with E-state index < -0.39 is 0 Å². The van der Waals surface area contributed by atoms with Crippen LogP contribution in [0.1, 0.15) is 15.5 Å². The van der Waals surface area contributed by atoms with Crippen LogP contribution in [-0.2, 0) is 0 Å². The SMILES string of the molecule is Cc1nc(-c2cccc(NC(=O)c3ccc4nccn4n3)c2)cs1. The molecule has 1 aromatic carbocycles. The van der Waals surface area contributed by atoms with Crippen LogP contribution < -0.4 is 5.32 Å². The zero-order valence-electron chi connectivity index (χ0n) is 12.8. The third-order valence-electron chi connectivity index (χ3n) is 3.52. The second-order valence-corrected chi connectivity index (χ2v) is 6.30. The van der Waals surface area contributed by atoms with Crippen molar-refractivity contribution in [3.8, 4) is 11.3 Å². The molecule has 0 spiro atoms. The molecular weight excluding hydrogens is 322 g/mol. The van der Waals surface area contributed by atoms with Crippen LogP contribution in [0.2, 0.25) is 0 Å². The summed E-state index contributed by atoms with van der Waals surface area (Å²) in [6.45, 7) is 1.97. The first kappa shape index (κ1) is 14.5. The molecule has 0 aliphatic rings. The Bertz CT molecular complexity index is 1040. The van der Waals surface area contributed by atoms with Gasteiger partial charge in [0.1, 0.15) is 5.69 Å². The van der Waals surface area contributed by atoms with Crippen molar-refractivity contribution in [1.29, 1.82) is 0 Å². The van der Waals surface area contributed by atoms with Crippen molar-refractivity contribution < 1.29 is 4.79 Å². The number of carbonyl (C=O) groups excluding carboxylic acids is 1. The minimum atomic E-state index is -0.266. The Hall–Kier alpha value is -3.06. The average molecular weight is 335 g/mol. The Balaban J connectivity index is 1.59. The highest BCUT2D eigenvalue weighted by molar-refractivity contribution is 7.09. The molecule has 0 atom stereocenters. The fourth-order valence-electron chi connectivity index (χ4n) is 2.38. The highest BCUT2D eigenvalue weighted by atomic mass is 32.1. The molecule has 3 heterocycles. The first-order valence-corrected chi connectivity index (χ1v) is 8.21. The number of aromatic nitrogens is 4. The molecule has 0 aliphatic carbocycles. The van der Waals surface area contributed by atoms with E-state index in [-0.39, 0.29) is 5.91 Å². The molecule has 0 saturated carbocycles. The monoisotopic (exact) mass is 335 g/mol. The van der Waals surface area contributed by atoms with Crippen molar-refractivity contribution in [1.82, 2.24) is 19.6 Å². The maximum Gasteiger partial charge on any atom is 0.276 e. The summed E-state index contributed by atoms with van der Waals surface area (Å²) in [5.41, 5.74) is 3.61. The molecule has 0 fully saturated rings. The van der Waals surface area contributed by atoms with Crippen LogP contribution in [0.15, 0.2) is 54.2 Å². The van der Waals surface area contributed by atoms with Gasteiger partial charge in [0, 0.05) is 29.0 Å². The van der Waals surface area contributed by atoms with Gasteiger partial charge >= 0.3 is 0 Å². The van der Waals surface area contributed by atoms with Gasteiger partial charge in [-0.1, -0.05) is 12.1 Å². The number of amides is 1. The van der Waals surface area contributed by atoms with Gasteiger partial charge < -0.3 is 5.32 Å². The van der Waals surface area contributed by atoms with Gasteiger partial charge in [0.05, 0.1) is 10.7 Å². The van der Waals surface area contributed by atoms with E-state index in [0.717, 1.165) is 16.3 Å². The van der Waals surface area contributed by atoms with Crippen LogP contribution in [0.5, 0.6) is 0 Å². The van der Waals surface area contributed by atoms with Gasteiger partial charge in [-0.3, -0.25) is 4.79 Å². The predicted molar refractivity (Wildman–Crippen MR) is 93.2 cm³/mol. The summed E-state index contributed by atoms with van der Waals surface area (Å²) in [6.07, 6.45) is 3.35. The highest BCUT2D eigenvalue weighted by Gasteiger charge is 2.10. The first-order chi connectivity index (χ1) is 11.7. The van der Waals surface area contributed by atoms with Gasteiger partial charge in [-0.05, 0) is 31.2 Å². The van der Waals surface area contributed by atoms with Crippen LogP contribution in [0.25, 0.3) is 16.9 Å². The number of hydrogen-bond donors (Lipinski definition) is 1. The number of benzene rings is 1. The molecule has 3 aromatic heterocycles. The highest BCUT2D eigenvalue weighted by Crippen LogP contribution is 2.24. The second kappa shape index (κ2) is 5.86. The molecule has 24 heavy (non-hydrogen) atoms. The van der Waals surface area contributed by atoms with E-state index in [4.69, 9.17) is 0 Å². The number of anilines is 1. The largest absolute Gasteiger partial charge is 0.321 e. The van der Waals surface area contributed by atoms with E-state index >= 15 is 0 Å². The normalized spacial score (nSPS) is 10.9. The lowest BCUT2D eigenvalue weighted by atomic mass is 10.1. The zero-order chi connectivity index (χ0) is 16.5. The van der Waals surface area contributed by atoms with E-state index in [9.17, 15) is 4.79 Å². The van der Waals surface area contributed by atoms with Crippen LogP contribution in [0, 0.1) is 6.92 Å². The number of carbonyl (C=O) groups is 1. The van der Waals surface area contributed by atoms with Gasteiger partial charge in [0.15, 0.2) is 5.65 Å². The summed E-state index contributed by atoms with van der Waals surface area (Å²) in [4.78, 5) is 21.0. The van der Waals surface area contributed by atoms with Gasteiger partial charge in [-0.2, -0.15) is 5.10 Å². The summed E-state index contributed by atoms with van der Waals surface area (Å²) in [7, 11) is 0. The second-order valence-electron chi connectivity index (χ2n) is 5.24. The lowest BCUT2D eigenvalue weighted by Gasteiger charge is -2.06. The maximum atomic E-state index is 12.4. The quantitative estimate of drug-likeness (QED) is 0.623. The van der Waals surface area contributed by atoms with Crippen molar-refractivity contribution >= 4 is 28.6 Å². The molecular formula is C17H13N5OS. The van der Waals surface area contributed by atoms with E-state index in [0.29, 0.717) is 17.0 Å². The van der Waals surface area contributed by atoms with Crippen LogP contribution in [0.3, 0.4) is 0 Å². The molecule has 4 rings (SSSR count). The summed E-state index contributed by atoms with van der Waals surface area (Å²) in [6, 6.07) is 11.0. The molecule has 1 amide bonds. The Morgan fingerprint density at radius 1 is 1.25 bits per heavy atom. The standard InChI is InChI=1S/C17H13N5OS/c1-11-19-15(10-24-11)12-3-2-4-13(9-12)20-17(23)14-5-6-16-18-7-8-22(16)21-14/h2-10H,1H3,(H,20,23). The number of nitrogens with zero attached hydrogens (tertiary/aromatic N) is 4. The van der Waals surface area contributed by atoms with E-state index in [1.54, 1.807) is 40.4 Å². The molecule has 0 saturated heterocycles. The van der Waals surface area contributed by atoms with Gasteiger partial charge in [0.2, 0.25) is 0 Å². The minimum absolute atomic E-state index is 0.266. The van der Waals surface area contributed by atoms with Crippen LogP contribution in [0.4, 0.5) is 5.69 Å². The number of thiazole rings is 1. The molecule has 7 heteroatoms. The first-order valence-electron chi connectivity index (χ1n) is 7.33. The topological polar surface area (TPSA) is 72.2 Å². The Morgan fingerprint density at radius 2 is 2.17 bits per heavy atom. The number of nitrogens with one attached hydrogen (secondary N) is 1. The average Bonchev–Trinajstić information content (AvgIpc) is 3.23. The van der Waals surface area contributed by atoms with Gasteiger partial charge in [-0.25, -0.2) is 14.5 Å². The smallest absolute Gasteiger partial charge is 0.276 e. The Morgan fingerprint density at radius 3 is 3.00 bits per heavy atom. The number of rotatable bonds is 3. The molecule has 118 valence electrons. The number of imidazole rings is 1. The lowest BCUT2D eigenvalue weighted by molar-refractivity contribution is 0.102. The fraction of sp³-hybridized carbons (Fsp3) is 0.0588. The van der Waals surface area contributed by atoms with E-state index in [1.807, 2.05) is 36.6 Å². The summed E-state index contributed by atoms with van der Waals surface area (Å²) < 4.78 is 1.57. The van der Waals surface area contributed by atoms with Crippen molar-refractivity contribution in [2.24, 2.45) is 0 Å². The third kappa shape index (κ3) is 2.77. The third-order valence-corrected chi connectivity index (χ3v) is 4.30. The summed E-state index contributed by atoms with van der Waals surface area (Å²) in [5.74, 6) is -0.266. The maximum absolute atomic E-state index is 12.4. The minimum Gasteiger partial charge on any atom is -0.321 e. The number of hydrogen-bond acceptors (Lipinski definition) is 5. The summed E-state index contributed by atoms with van der Waals surface area (Å²) in [5, 5.41) is 10.1. The van der Waals surface area contributed by atoms with Crippen molar-refractivity contribution in [2.45, 2.75) is 6.92 Å². The molecule has 4 aromatic rings. The van der Waals surface area contributed by atoms with Crippen LogP contribution in [-0.4, -0.2) is 25.5 Å². The Labute approximate surface area is 141 Å². The predicted octanol–water partition coefficient (Wildman–Crippen LogP) is 3.41. The fourth-order valence-corrected chi connectivity index (χ4v) is 3.01. The zero-order valence-corrected chi connectivity index (χ0v) is 13.6. The number of aryl methyl sites for hydroxylation is 1. The molecule has 0 bridgehead atoms. The molecule has 0 unspecified atom stereocenters. The summed E-state index contributed by atoms with van der Waals surface area (Å²) >= 11 is 1.60. The lowest BCUT2D eigenvalue weighted by Crippen LogP contribution is -2.15. The molecule has 0 radical (unpaired) electrons. The molecule has 0 aliphatic heterocycles. The van der Waals surface area contributed by atoms with Crippen molar-refractivity contribution in [2.75, 3.05) is 5.32 Å².